The zero-order valence-electron chi connectivity index (χ0n) is 7.14. The molecule has 4 nitrogen and oxygen atoms in total. The molecule has 0 radical (unpaired) electrons. The summed E-state index contributed by atoms with van der Waals surface area (Å²) in [5, 5.41) is 17.3. The molecule has 5 heteroatoms. The summed E-state index contributed by atoms with van der Waals surface area (Å²) in [5.74, 6) is 0. The van der Waals surface area contributed by atoms with Gasteiger partial charge in [-0.15, -0.1) is 0 Å². The van der Waals surface area contributed by atoms with Gasteiger partial charge in [-0.05, 0) is 36.5 Å². The Labute approximate surface area is 86.8 Å². The first-order chi connectivity index (χ1) is 6.69. The minimum atomic E-state index is -0.0165. The SMILES string of the molecule is N#Cc1ccc(N(C#N)C(N)=S)cc1. The monoisotopic (exact) mass is 202 g/mol. The molecule has 0 atom stereocenters. The zero-order valence-corrected chi connectivity index (χ0v) is 7.95. The molecule has 1 aromatic rings. The van der Waals surface area contributed by atoms with Crippen molar-refractivity contribution in [2.45, 2.75) is 0 Å². The molecule has 0 saturated carbocycles. The minimum absolute atomic E-state index is 0.0165. The number of rotatable bonds is 1. The van der Waals surface area contributed by atoms with Crippen molar-refractivity contribution in [1.29, 1.82) is 10.5 Å². The van der Waals surface area contributed by atoms with Gasteiger partial charge in [-0.1, -0.05) is 0 Å². The van der Waals surface area contributed by atoms with E-state index in [1.165, 1.54) is 0 Å². The van der Waals surface area contributed by atoms with Crippen molar-refractivity contribution in [3.63, 3.8) is 0 Å². The van der Waals surface area contributed by atoms with Crippen LogP contribution in [-0.4, -0.2) is 5.11 Å². The number of benzene rings is 1. The van der Waals surface area contributed by atoms with Crippen molar-refractivity contribution >= 4 is 23.0 Å². The summed E-state index contributed by atoms with van der Waals surface area (Å²) in [5.41, 5.74) is 6.40. The third kappa shape index (κ3) is 1.98. The van der Waals surface area contributed by atoms with Crippen molar-refractivity contribution in [2.24, 2.45) is 5.73 Å². The number of hydrogen-bond acceptors (Lipinski definition) is 3. The topological polar surface area (TPSA) is 76.8 Å². The second kappa shape index (κ2) is 4.22. The van der Waals surface area contributed by atoms with Crippen LogP contribution in [0.15, 0.2) is 24.3 Å². The van der Waals surface area contributed by atoms with Crippen LogP contribution in [0.4, 0.5) is 5.69 Å². The van der Waals surface area contributed by atoms with E-state index in [1.54, 1.807) is 24.3 Å². The molecule has 0 saturated heterocycles. The van der Waals surface area contributed by atoms with Gasteiger partial charge in [0.15, 0.2) is 11.3 Å². The second-order valence-electron chi connectivity index (χ2n) is 2.43. The van der Waals surface area contributed by atoms with Gasteiger partial charge in [0.05, 0.1) is 17.3 Å². The predicted molar refractivity (Wildman–Crippen MR) is 56.0 cm³/mol. The van der Waals surface area contributed by atoms with E-state index in [-0.39, 0.29) is 5.11 Å². The number of hydrogen-bond donors (Lipinski definition) is 1. The molecule has 0 aliphatic carbocycles. The smallest absolute Gasteiger partial charge is 0.191 e. The molecule has 68 valence electrons. The van der Waals surface area contributed by atoms with Gasteiger partial charge in [0.25, 0.3) is 0 Å². The number of anilines is 1. The summed E-state index contributed by atoms with van der Waals surface area (Å²) >= 11 is 4.68. The molecule has 0 aliphatic heterocycles. The molecule has 0 bridgehead atoms. The van der Waals surface area contributed by atoms with Crippen LogP contribution < -0.4 is 10.6 Å². The quantitative estimate of drug-likeness (QED) is 0.419. The number of nitriles is 2. The number of thiocarbonyl (C=S) groups is 1. The lowest BCUT2D eigenvalue weighted by Crippen LogP contribution is -2.30. The lowest BCUT2D eigenvalue weighted by Gasteiger charge is -2.12. The van der Waals surface area contributed by atoms with Gasteiger partial charge in [0.1, 0.15) is 0 Å². The van der Waals surface area contributed by atoms with E-state index in [0.29, 0.717) is 11.3 Å². The van der Waals surface area contributed by atoms with E-state index in [0.717, 1.165) is 4.90 Å². The highest BCUT2D eigenvalue weighted by Gasteiger charge is 2.07. The van der Waals surface area contributed by atoms with E-state index in [9.17, 15) is 0 Å². The summed E-state index contributed by atoms with van der Waals surface area (Å²) in [6.07, 6.45) is 1.84. The molecule has 14 heavy (non-hydrogen) atoms. The van der Waals surface area contributed by atoms with E-state index >= 15 is 0 Å². The normalized spacial score (nSPS) is 8.43. The van der Waals surface area contributed by atoms with Gasteiger partial charge >= 0.3 is 0 Å². The molecule has 0 unspecified atom stereocenters. The van der Waals surface area contributed by atoms with Crippen molar-refractivity contribution in [3.8, 4) is 12.3 Å². The molecule has 0 aromatic heterocycles. The highest BCUT2D eigenvalue weighted by atomic mass is 32.1. The molecule has 1 rings (SSSR count). The fraction of sp³-hybridized carbons (Fsp3) is 0. The van der Waals surface area contributed by atoms with Crippen LogP contribution in [0, 0.1) is 22.8 Å². The minimum Gasteiger partial charge on any atom is -0.375 e. The first-order valence-corrected chi connectivity index (χ1v) is 4.09. The average Bonchev–Trinajstić information content (AvgIpc) is 2.19. The predicted octanol–water partition coefficient (Wildman–Crippen LogP) is 1.09. The highest BCUT2D eigenvalue weighted by Crippen LogP contribution is 2.13. The maximum absolute atomic E-state index is 8.72. The summed E-state index contributed by atoms with van der Waals surface area (Å²) in [6.45, 7) is 0. The fourth-order valence-corrected chi connectivity index (χ4v) is 1.07. The summed E-state index contributed by atoms with van der Waals surface area (Å²) in [7, 11) is 0. The van der Waals surface area contributed by atoms with Crippen LogP contribution in [0.25, 0.3) is 0 Å². The van der Waals surface area contributed by atoms with Crippen molar-refractivity contribution < 1.29 is 0 Å². The van der Waals surface area contributed by atoms with Crippen LogP contribution in [-0.2, 0) is 0 Å². The maximum atomic E-state index is 8.72. The number of nitrogens with zero attached hydrogens (tertiary/aromatic N) is 3. The van der Waals surface area contributed by atoms with Crippen molar-refractivity contribution in [3.05, 3.63) is 29.8 Å². The summed E-state index contributed by atoms with van der Waals surface area (Å²) < 4.78 is 0. The standard InChI is InChI=1S/C9H6N4S/c10-5-7-1-3-8(4-2-7)13(6-11)9(12)14/h1-4H,(H2,12,14). The highest BCUT2D eigenvalue weighted by molar-refractivity contribution is 7.80. The first kappa shape index (κ1) is 9.97. The fourth-order valence-electron chi connectivity index (χ4n) is 0.919. The van der Waals surface area contributed by atoms with Crippen LogP contribution in [0.2, 0.25) is 0 Å². The Hall–Kier alpha value is -2.11. The Morgan fingerprint density at radius 2 is 1.86 bits per heavy atom. The Balaban J connectivity index is 3.04. The van der Waals surface area contributed by atoms with Gasteiger partial charge in [0, 0.05) is 0 Å². The first-order valence-electron chi connectivity index (χ1n) is 3.68. The van der Waals surface area contributed by atoms with Gasteiger partial charge < -0.3 is 5.73 Å². The Morgan fingerprint density at radius 3 is 2.21 bits per heavy atom. The molecule has 0 amide bonds. The van der Waals surface area contributed by atoms with Gasteiger partial charge in [-0.25, -0.2) is 4.90 Å². The van der Waals surface area contributed by atoms with Gasteiger partial charge in [0.2, 0.25) is 0 Å². The molecular formula is C9H6N4S. The maximum Gasteiger partial charge on any atom is 0.191 e. The Bertz CT molecular complexity index is 424. The zero-order chi connectivity index (χ0) is 10.6. The lowest BCUT2D eigenvalue weighted by atomic mass is 10.2. The van der Waals surface area contributed by atoms with Crippen LogP contribution in [0.5, 0.6) is 0 Å². The third-order valence-corrected chi connectivity index (χ3v) is 1.76. The molecule has 0 heterocycles. The second-order valence-corrected chi connectivity index (χ2v) is 2.85. The summed E-state index contributed by atoms with van der Waals surface area (Å²) in [6, 6.07) is 8.39. The Morgan fingerprint density at radius 1 is 1.29 bits per heavy atom. The van der Waals surface area contributed by atoms with E-state index in [4.69, 9.17) is 16.3 Å². The Kier molecular flexibility index (Phi) is 3.01. The van der Waals surface area contributed by atoms with E-state index in [1.807, 2.05) is 12.3 Å². The van der Waals surface area contributed by atoms with Gasteiger partial charge in [-0.2, -0.15) is 10.5 Å². The summed E-state index contributed by atoms with van der Waals surface area (Å²) in [4.78, 5) is 1.11. The lowest BCUT2D eigenvalue weighted by molar-refractivity contribution is 1.32. The molecule has 2 N–H and O–H groups in total. The largest absolute Gasteiger partial charge is 0.375 e. The van der Waals surface area contributed by atoms with Gasteiger partial charge in [-0.3, -0.25) is 0 Å². The molecule has 1 aromatic carbocycles. The van der Waals surface area contributed by atoms with E-state index < -0.39 is 0 Å². The molecule has 0 fully saturated rings. The van der Waals surface area contributed by atoms with Crippen molar-refractivity contribution in [2.75, 3.05) is 4.90 Å². The van der Waals surface area contributed by atoms with E-state index in [2.05, 4.69) is 12.2 Å². The number of nitrogens with two attached hydrogens (primary N) is 1. The molecular weight excluding hydrogens is 196 g/mol. The van der Waals surface area contributed by atoms with Crippen LogP contribution >= 0.6 is 12.2 Å². The molecule has 0 spiro atoms. The van der Waals surface area contributed by atoms with Crippen LogP contribution in [0.1, 0.15) is 5.56 Å². The van der Waals surface area contributed by atoms with Crippen molar-refractivity contribution in [1.82, 2.24) is 0 Å². The third-order valence-electron chi connectivity index (χ3n) is 1.57. The average molecular weight is 202 g/mol. The molecule has 0 aliphatic rings. The van der Waals surface area contributed by atoms with Crippen LogP contribution in [0.3, 0.4) is 0 Å².